The van der Waals surface area contributed by atoms with Gasteiger partial charge in [0.15, 0.2) is 0 Å². The lowest BCUT2D eigenvalue weighted by Crippen LogP contribution is -2.32. The van der Waals surface area contributed by atoms with Gasteiger partial charge in [0, 0.05) is 24.5 Å². The van der Waals surface area contributed by atoms with Gasteiger partial charge in [-0.3, -0.25) is 9.78 Å². The van der Waals surface area contributed by atoms with Crippen molar-refractivity contribution < 1.29 is 9.21 Å². The molecule has 2 aromatic rings. The summed E-state index contributed by atoms with van der Waals surface area (Å²) in [6.07, 6.45) is 4.30. The van der Waals surface area contributed by atoms with Crippen molar-refractivity contribution in [1.82, 2.24) is 20.5 Å². The number of nitrogens with zero attached hydrogens (tertiary/aromatic N) is 3. The lowest BCUT2D eigenvalue weighted by Gasteiger charge is -2.10. The monoisotopic (exact) mass is 320 g/mol. The van der Waals surface area contributed by atoms with Crippen LogP contribution in [0.5, 0.6) is 0 Å². The first-order valence-corrected chi connectivity index (χ1v) is 8.12. The van der Waals surface area contributed by atoms with Crippen molar-refractivity contribution in [1.29, 1.82) is 0 Å². The zero-order valence-electron chi connectivity index (χ0n) is 12.9. The fourth-order valence-electron chi connectivity index (χ4n) is 1.70. The maximum absolute atomic E-state index is 12.0. The van der Waals surface area contributed by atoms with E-state index in [1.54, 1.807) is 24.5 Å². The Labute approximate surface area is 134 Å². The zero-order chi connectivity index (χ0) is 15.9. The minimum absolute atomic E-state index is 0.0192. The van der Waals surface area contributed by atoms with Gasteiger partial charge < -0.3 is 9.73 Å². The molecule has 6 nitrogen and oxygen atoms in total. The maximum atomic E-state index is 12.0. The first-order chi connectivity index (χ1) is 10.6. The van der Waals surface area contributed by atoms with Crippen LogP contribution in [-0.4, -0.2) is 32.9 Å². The van der Waals surface area contributed by atoms with E-state index in [4.69, 9.17) is 4.42 Å². The Morgan fingerprint density at radius 1 is 1.27 bits per heavy atom. The number of pyridine rings is 1. The molecule has 0 fully saturated rings. The fourth-order valence-corrected chi connectivity index (χ4v) is 2.41. The molecular weight excluding hydrogens is 300 g/mol. The van der Waals surface area contributed by atoms with Crippen LogP contribution in [0.2, 0.25) is 0 Å². The van der Waals surface area contributed by atoms with Crippen LogP contribution >= 0.6 is 11.8 Å². The second-order valence-electron chi connectivity index (χ2n) is 5.34. The van der Waals surface area contributed by atoms with Crippen molar-refractivity contribution in [3.8, 4) is 11.5 Å². The molecule has 1 atom stereocenters. The van der Waals surface area contributed by atoms with Crippen molar-refractivity contribution in [2.75, 3.05) is 6.54 Å². The average molecular weight is 320 g/mol. The minimum atomic E-state index is -0.280. The summed E-state index contributed by atoms with van der Waals surface area (Å²) >= 11 is 1.26. The van der Waals surface area contributed by atoms with E-state index in [0.717, 1.165) is 12.0 Å². The van der Waals surface area contributed by atoms with Crippen LogP contribution in [0.15, 0.2) is 34.2 Å². The van der Waals surface area contributed by atoms with Gasteiger partial charge in [-0.15, -0.1) is 10.2 Å². The molecule has 0 spiro atoms. The molecule has 7 heteroatoms. The zero-order valence-corrected chi connectivity index (χ0v) is 13.8. The Balaban J connectivity index is 1.88. The Morgan fingerprint density at radius 3 is 2.68 bits per heavy atom. The number of amides is 1. The molecule has 22 heavy (non-hydrogen) atoms. The molecule has 118 valence electrons. The second-order valence-corrected chi connectivity index (χ2v) is 6.63. The van der Waals surface area contributed by atoms with Gasteiger partial charge in [0.05, 0.1) is 5.25 Å². The van der Waals surface area contributed by atoms with Gasteiger partial charge in [0.2, 0.25) is 11.8 Å². The highest BCUT2D eigenvalue weighted by molar-refractivity contribution is 8.00. The predicted molar refractivity (Wildman–Crippen MR) is 85.3 cm³/mol. The molecule has 2 heterocycles. The molecule has 0 aromatic carbocycles. The van der Waals surface area contributed by atoms with Crippen LogP contribution in [-0.2, 0) is 4.79 Å². The van der Waals surface area contributed by atoms with E-state index in [1.807, 2.05) is 6.92 Å². The van der Waals surface area contributed by atoms with Gasteiger partial charge in [-0.05, 0) is 31.4 Å². The van der Waals surface area contributed by atoms with Crippen LogP contribution in [0.25, 0.3) is 11.5 Å². The third-order valence-corrected chi connectivity index (χ3v) is 3.94. The number of carbonyl (C=O) groups is 1. The standard InChI is InChI=1S/C15H20N4O2S/c1-10(2)4-9-17-13(20)11(3)22-15-19-18-14(21-15)12-5-7-16-8-6-12/h5-8,10-11H,4,9H2,1-3H3,(H,17,20). The summed E-state index contributed by atoms with van der Waals surface area (Å²) in [6, 6.07) is 3.59. The van der Waals surface area contributed by atoms with Crippen molar-refractivity contribution >= 4 is 17.7 Å². The average Bonchev–Trinajstić information content (AvgIpc) is 2.96. The Morgan fingerprint density at radius 2 is 2.00 bits per heavy atom. The predicted octanol–water partition coefficient (Wildman–Crippen LogP) is 2.77. The van der Waals surface area contributed by atoms with Gasteiger partial charge >= 0.3 is 0 Å². The molecule has 1 amide bonds. The topological polar surface area (TPSA) is 80.9 Å². The van der Waals surface area contributed by atoms with E-state index in [1.165, 1.54) is 11.8 Å². The first kappa shape index (κ1) is 16.5. The number of thioether (sulfide) groups is 1. The molecule has 0 aliphatic carbocycles. The van der Waals surface area contributed by atoms with Gasteiger partial charge in [-0.2, -0.15) is 0 Å². The van der Waals surface area contributed by atoms with Gasteiger partial charge in [0.25, 0.3) is 5.22 Å². The van der Waals surface area contributed by atoms with E-state index in [-0.39, 0.29) is 11.2 Å². The minimum Gasteiger partial charge on any atom is -0.411 e. The summed E-state index contributed by atoms with van der Waals surface area (Å²) in [4.78, 5) is 15.9. The Kier molecular flexibility index (Phi) is 5.94. The molecule has 2 rings (SSSR count). The van der Waals surface area contributed by atoms with Crippen molar-refractivity contribution in [3.63, 3.8) is 0 Å². The fraction of sp³-hybridized carbons (Fsp3) is 0.467. The van der Waals surface area contributed by atoms with Gasteiger partial charge in [-0.1, -0.05) is 25.6 Å². The first-order valence-electron chi connectivity index (χ1n) is 7.24. The molecule has 1 unspecified atom stereocenters. The molecule has 0 aliphatic heterocycles. The van der Waals surface area contributed by atoms with Crippen LogP contribution in [0.3, 0.4) is 0 Å². The SMILES string of the molecule is CC(C)CCNC(=O)C(C)Sc1nnc(-c2ccncc2)o1. The van der Waals surface area contributed by atoms with E-state index in [9.17, 15) is 4.79 Å². The summed E-state index contributed by atoms with van der Waals surface area (Å²) in [5.41, 5.74) is 0.809. The quantitative estimate of drug-likeness (QED) is 0.790. The van der Waals surface area contributed by atoms with Crippen molar-refractivity contribution in [3.05, 3.63) is 24.5 Å². The number of hydrogen-bond acceptors (Lipinski definition) is 6. The molecular formula is C15H20N4O2S. The van der Waals surface area contributed by atoms with Crippen LogP contribution in [0.1, 0.15) is 27.2 Å². The van der Waals surface area contributed by atoms with Gasteiger partial charge in [-0.25, -0.2) is 0 Å². The lowest BCUT2D eigenvalue weighted by molar-refractivity contribution is -0.120. The van der Waals surface area contributed by atoms with Crippen LogP contribution in [0.4, 0.5) is 0 Å². The van der Waals surface area contributed by atoms with E-state index < -0.39 is 0 Å². The molecule has 0 bridgehead atoms. The number of aromatic nitrogens is 3. The number of nitrogens with one attached hydrogen (secondary N) is 1. The molecule has 0 saturated carbocycles. The smallest absolute Gasteiger partial charge is 0.277 e. The summed E-state index contributed by atoms with van der Waals surface area (Å²) < 4.78 is 5.57. The van der Waals surface area contributed by atoms with E-state index >= 15 is 0 Å². The van der Waals surface area contributed by atoms with E-state index in [0.29, 0.717) is 23.6 Å². The molecule has 1 N–H and O–H groups in total. The third kappa shape index (κ3) is 4.84. The highest BCUT2D eigenvalue weighted by Gasteiger charge is 2.18. The maximum Gasteiger partial charge on any atom is 0.277 e. The Hall–Kier alpha value is -1.89. The molecule has 0 saturated heterocycles. The van der Waals surface area contributed by atoms with Crippen molar-refractivity contribution in [2.24, 2.45) is 5.92 Å². The Bertz CT molecular complexity index is 601. The summed E-state index contributed by atoms with van der Waals surface area (Å²) in [5, 5.41) is 11.0. The summed E-state index contributed by atoms with van der Waals surface area (Å²) in [5.74, 6) is 0.980. The van der Waals surface area contributed by atoms with Crippen LogP contribution < -0.4 is 5.32 Å². The highest BCUT2D eigenvalue weighted by Crippen LogP contribution is 2.25. The van der Waals surface area contributed by atoms with Crippen molar-refractivity contribution in [2.45, 2.75) is 37.7 Å². The summed E-state index contributed by atoms with van der Waals surface area (Å²) in [6.45, 7) is 6.77. The van der Waals surface area contributed by atoms with Crippen LogP contribution in [0, 0.1) is 5.92 Å². The highest BCUT2D eigenvalue weighted by atomic mass is 32.2. The molecule has 2 aromatic heterocycles. The van der Waals surface area contributed by atoms with E-state index in [2.05, 4.69) is 34.3 Å². The normalized spacial score (nSPS) is 12.4. The molecule has 0 aliphatic rings. The summed E-state index contributed by atoms with van der Waals surface area (Å²) in [7, 11) is 0. The molecule has 0 radical (unpaired) electrons. The number of carbonyl (C=O) groups excluding carboxylic acids is 1. The lowest BCUT2D eigenvalue weighted by atomic mass is 10.1. The van der Waals surface area contributed by atoms with Gasteiger partial charge in [0.1, 0.15) is 0 Å². The number of rotatable bonds is 7. The second kappa shape index (κ2) is 7.93. The third-order valence-electron chi connectivity index (χ3n) is 3.00. The largest absolute Gasteiger partial charge is 0.411 e. The number of hydrogen-bond donors (Lipinski definition) is 1.